The SMILES string of the molecule is O=C(NCC1CCCCN1C(=O)c1ccc(C(=O)O)o1)c1ccccc1. The van der Waals surface area contributed by atoms with E-state index < -0.39 is 5.97 Å². The summed E-state index contributed by atoms with van der Waals surface area (Å²) in [5, 5.41) is 11.8. The summed E-state index contributed by atoms with van der Waals surface area (Å²) in [6.07, 6.45) is 2.60. The zero-order valence-corrected chi connectivity index (χ0v) is 14.2. The number of hydrogen-bond donors (Lipinski definition) is 2. The number of carboxylic acid groups (broad SMARTS) is 1. The Bertz CT molecular complexity index is 799. The molecule has 2 amide bonds. The van der Waals surface area contributed by atoms with Gasteiger partial charge >= 0.3 is 5.97 Å². The molecule has 1 saturated heterocycles. The molecular formula is C19H20N2O5. The van der Waals surface area contributed by atoms with Crippen LogP contribution in [0, 0.1) is 0 Å². The largest absolute Gasteiger partial charge is 0.475 e. The van der Waals surface area contributed by atoms with E-state index in [0.29, 0.717) is 18.7 Å². The molecule has 0 radical (unpaired) electrons. The Morgan fingerprint density at radius 3 is 2.50 bits per heavy atom. The summed E-state index contributed by atoms with van der Waals surface area (Å²) in [5.74, 6) is -2.01. The zero-order valence-electron chi connectivity index (χ0n) is 14.2. The van der Waals surface area contributed by atoms with Gasteiger partial charge in [-0.3, -0.25) is 9.59 Å². The number of carboxylic acids is 1. The quantitative estimate of drug-likeness (QED) is 0.857. The lowest BCUT2D eigenvalue weighted by molar-refractivity contribution is 0.0561. The highest BCUT2D eigenvalue weighted by atomic mass is 16.4. The molecule has 1 fully saturated rings. The second-order valence-corrected chi connectivity index (χ2v) is 6.19. The maximum atomic E-state index is 12.7. The topological polar surface area (TPSA) is 99.9 Å². The molecule has 1 atom stereocenters. The van der Waals surface area contributed by atoms with Crippen molar-refractivity contribution in [2.24, 2.45) is 0 Å². The number of piperidine rings is 1. The van der Waals surface area contributed by atoms with Crippen molar-refractivity contribution in [2.45, 2.75) is 25.3 Å². The summed E-state index contributed by atoms with van der Waals surface area (Å²) in [6.45, 7) is 0.889. The number of nitrogens with zero attached hydrogens (tertiary/aromatic N) is 1. The third kappa shape index (κ3) is 3.93. The van der Waals surface area contributed by atoms with Gasteiger partial charge in [-0.05, 0) is 43.5 Å². The van der Waals surface area contributed by atoms with E-state index in [1.165, 1.54) is 12.1 Å². The van der Waals surface area contributed by atoms with Crippen molar-refractivity contribution >= 4 is 17.8 Å². The van der Waals surface area contributed by atoms with Crippen LogP contribution in [0.2, 0.25) is 0 Å². The van der Waals surface area contributed by atoms with E-state index in [0.717, 1.165) is 19.3 Å². The number of amides is 2. The summed E-state index contributed by atoms with van der Waals surface area (Å²) in [7, 11) is 0. The van der Waals surface area contributed by atoms with Gasteiger partial charge in [0.15, 0.2) is 5.76 Å². The average molecular weight is 356 g/mol. The van der Waals surface area contributed by atoms with Gasteiger partial charge in [-0.15, -0.1) is 0 Å². The maximum Gasteiger partial charge on any atom is 0.371 e. The lowest BCUT2D eigenvalue weighted by Gasteiger charge is -2.35. The Labute approximate surface area is 150 Å². The van der Waals surface area contributed by atoms with Gasteiger partial charge < -0.3 is 19.7 Å². The molecule has 1 aliphatic heterocycles. The molecule has 26 heavy (non-hydrogen) atoms. The molecule has 1 aliphatic rings. The van der Waals surface area contributed by atoms with Crippen molar-refractivity contribution in [1.82, 2.24) is 10.2 Å². The van der Waals surface area contributed by atoms with E-state index in [9.17, 15) is 14.4 Å². The van der Waals surface area contributed by atoms with E-state index in [2.05, 4.69) is 5.32 Å². The fourth-order valence-electron chi connectivity index (χ4n) is 3.09. The van der Waals surface area contributed by atoms with Crippen molar-refractivity contribution in [2.75, 3.05) is 13.1 Å². The monoisotopic (exact) mass is 356 g/mol. The van der Waals surface area contributed by atoms with Crippen molar-refractivity contribution in [1.29, 1.82) is 0 Å². The highest BCUT2D eigenvalue weighted by Crippen LogP contribution is 2.20. The second kappa shape index (κ2) is 7.86. The molecule has 7 nitrogen and oxygen atoms in total. The number of benzene rings is 1. The van der Waals surface area contributed by atoms with Crippen LogP contribution in [0.15, 0.2) is 46.9 Å². The molecule has 0 aliphatic carbocycles. The van der Waals surface area contributed by atoms with E-state index in [1.54, 1.807) is 29.2 Å². The molecule has 3 rings (SSSR count). The Morgan fingerprint density at radius 1 is 1.08 bits per heavy atom. The minimum absolute atomic E-state index is 0.00341. The number of carbonyl (C=O) groups is 3. The lowest BCUT2D eigenvalue weighted by atomic mass is 10.0. The number of furan rings is 1. The summed E-state index contributed by atoms with van der Waals surface area (Å²) in [6, 6.07) is 11.4. The third-order valence-corrected chi connectivity index (χ3v) is 4.45. The van der Waals surface area contributed by atoms with Crippen LogP contribution >= 0.6 is 0 Å². The van der Waals surface area contributed by atoms with Crippen LogP contribution in [-0.2, 0) is 0 Å². The van der Waals surface area contributed by atoms with E-state index in [4.69, 9.17) is 9.52 Å². The fraction of sp³-hybridized carbons (Fsp3) is 0.316. The predicted octanol–water partition coefficient (Wildman–Crippen LogP) is 2.40. The minimum Gasteiger partial charge on any atom is -0.475 e. The van der Waals surface area contributed by atoms with Gasteiger partial charge in [0.1, 0.15) is 0 Å². The van der Waals surface area contributed by atoms with E-state index in [1.807, 2.05) is 6.07 Å². The highest BCUT2D eigenvalue weighted by Gasteiger charge is 2.30. The van der Waals surface area contributed by atoms with Crippen LogP contribution in [0.4, 0.5) is 0 Å². The van der Waals surface area contributed by atoms with Gasteiger partial charge in [-0.25, -0.2) is 4.79 Å². The molecule has 1 aromatic carbocycles. The van der Waals surface area contributed by atoms with Crippen molar-refractivity contribution < 1.29 is 23.9 Å². The first-order valence-corrected chi connectivity index (χ1v) is 8.53. The van der Waals surface area contributed by atoms with E-state index in [-0.39, 0.29) is 29.4 Å². The molecule has 0 saturated carbocycles. The number of rotatable bonds is 5. The molecular weight excluding hydrogens is 336 g/mol. The first kappa shape index (κ1) is 17.7. The van der Waals surface area contributed by atoms with E-state index >= 15 is 0 Å². The Hall–Kier alpha value is -3.09. The summed E-state index contributed by atoms with van der Waals surface area (Å²) < 4.78 is 5.13. The molecule has 0 spiro atoms. The molecule has 136 valence electrons. The van der Waals surface area contributed by atoms with Gasteiger partial charge in [-0.1, -0.05) is 18.2 Å². The zero-order chi connectivity index (χ0) is 18.5. The Balaban J connectivity index is 1.66. The van der Waals surface area contributed by atoms with Crippen LogP contribution in [0.5, 0.6) is 0 Å². The standard InChI is InChI=1S/C19H20N2O5/c22-17(13-6-2-1-3-7-13)20-12-14-8-4-5-11-21(14)18(23)15-9-10-16(26-15)19(24)25/h1-3,6-7,9-10,14H,4-5,8,11-12H2,(H,20,22)(H,24,25). The normalized spacial score (nSPS) is 16.9. The first-order chi connectivity index (χ1) is 12.6. The van der Waals surface area contributed by atoms with Gasteiger partial charge in [0.2, 0.25) is 5.76 Å². The fourth-order valence-corrected chi connectivity index (χ4v) is 3.09. The third-order valence-electron chi connectivity index (χ3n) is 4.45. The maximum absolute atomic E-state index is 12.7. The molecule has 0 bridgehead atoms. The molecule has 2 heterocycles. The van der Waals surface area contributed by atoms with Gasteiger partial charge in [0, 0.05) is 24.7 Å². The van der Waals surface area contributed by atoms with Crippen molar-refractivity contribution in [3.63, 3.8) is 0 Å². The summed E-state index contributed by atoms with van der Waals surface area (Å²) >= 11 is 0. The van der Waals surface area contributed by atoms with Crippen LogP contribution in [-0.4, -0.2) is 46.9 Å². The first-order valence-electron chi connectivity index (χ1n) is 8.53. The number of hydrogen-bond acceptors (Lipinski definition) is 4. The number of nitrogens with one attached hydrogen (secondary N) is 1. The Morgan fingerprint density at radius 2 is 1.81 bits per heavy atom. The van der Waals surface area contributed by atoms with Crippen molar-refractivity contribution in [3.8, 4) is 0 Å². The van der Waals surface area contributed by atoms with Crippen molar-refractivity contribution in [3.05, 3.63) is 59.5 Å². The second-order valence-electron chi connectivity index (χ2n) is 6.19. The predicted molar refractivity (Wildman–Crippen MR) is 93.1 cm³/mol. The molecule has 7 heteroatoms. The van der Waals surface area contributed by atoms with Crippen LogP contribution in [0.25, 0.3) is 0 Å². The number of aromatic carboxylic acids is 1. The number of carbonyl (C=O) groups excluding carboxylic acids is 2. The number of likely N-dealkylation sites (tertiary alicyclic amines) is 1. The minimum atomic E-state index is -1.21. The van der Waals surface area contributed by atoms with Crippen LogP contribution in [0.3, 0.4) is 0 Å². The molecule has 1 unspecified atom stereocenters. The average Bonchev–Trinajstić information content (AvgIpc) is 3.17. The van der Waals surface area contributed by atoms with Crippen LogP contribution in [0.1, 0.15) is 50.7 Å². The summed E-state index contributed by atoms with van der Waals surface area (Å²) in [4.78, 5) is 37.5. The van der Waals surface area contributed by atoms with Gasteiger partial charge in [0.05, 0.1) is 0 Å². The smallest absolute Gasteiger partial charge is 0.371 e. The lowest BCUT2D eigenvalue weighted by Crippen LogP contribution is -2.49. The molecule has 1 aromatic heterocycles. The van der Waals surface area contributed by atoms with Gasteiger partial charge in [0.25, 0.3) is 11.8 Å². The molecule has 2 N–H and O–H groups in total. The van der Waals surface area contributed by atoms with Gasteiger partial charge in [-0.2, -0.15) is 0 Å². The van der Waals surface area contributed by atoms with Crippen LogP contribution < -0.4 is 5.32 Å². The Kier molecular flexibility index (Phi) is 5.36. The summed E-state index contributed by atoms with van der Waals surface area (Å²) in [5.41, 5.74) is 0.568. The highest BCUT2D eigenvalue weighted by molar-refractivity contribution is 5.95. The molecule has 2 aromatic rings.